The highest BCUT2D eigenvalue weighted by atomic mass is 32.2. The highest BCUT2D eigenvalue weighted by Crippen LogP contribution is 2.33. The minimum Gasteiger partial charge on any atom is -0.507 e. The quantitative estimate of drug-likeness (QED) is 0.480. The molecule has 0 unspecified atom stereocenters. The first-order valence-electron chi connectivity index (χ1n) is 8.06. The fourth-order valence-electron chi connectivity index (χ4n) is 2.55. The molecule has 0 spiro atoms. The lowest BCUT2D eigenvalue weighted by Gasteiger charge is -2.11. The van der Waals surface area contributed by atoms with Gasteiger partial charge < -0.3 is 14.6 Å². The predicted molar refractivity (Wildman–Crippen MR) is 101 cm³/mol. The molecule has 0 bridgehead atoms. The third-order valence-corrected chi connectivity index (χ3v) is 4.77. The lowest BCUT2D eigenvalue weighted by molar-refractivity contribution is 0.103. The van der Waals surface area contributed by atoms with Crippen LogP contribution in [0.25, 0.3) is 0 Å². The van der Waals surface area contributed by atoms with Gasteiger partial charge in [-0.1, -0.05) is 18.2 Å². The summed E-state index contributed by atoms with van der Waals surface area (Å²) in [5, 5.41) is 10.1. The fourth-order valence-corrected chi connectivity index (χ4v) is 3.21. The Morgan fingerprint density at radius 3 is 2.11 bits per heavy atom. The Hall–Kier alpha value is -3.36. The number of hydrogen-bond acceptors (Lipinski definition) is 6. The fraction of sp³-hybridized carbons (Fsp3) is 0.0500. The molecule has 3 aromatic carbocycles. The van der Waals surface area contributed by atoms with Crippen LogP contribution in [0.1, 0.15) is 15.9 Å². The number of hydrogen-bond donors (Lipinski definition) is 2. The van der Waals surface area contributed by atoms with Crippen LogP contribution in [0.5, 0.6) is 23.0 Å². The van der Waals surface area contributed by atoms with Crippen molar-refractivity contribution < 1.29 is 32.3 Å². The SMILES string of the molecule is COc1cc(O)c(C(=O)c2ccc(Oc3ccccc3)cc2)cc1S(=O)(=O)O. The van der Waals surface area contributed by atoms with Crippen molar-refractivity contribution in [3.63, 3.8) is 0 Å². The summed E-state index contributed by atoms with van der Waals surface area (Å²) < 4.78 is 42.9. The standard InChI is InChI=1S/C20H16O7S/c1-26-18-12-17(21)16(11-19(18)28(23,24)25)20(22)13-7-9-15(10-8-13)27-14-5-3-2-4-6-14/h2-12,21H,1H3,(H,23,24,25). The van der Waals surface area contributed by atoms with Gasteiger partial charge in [-0.3, -0.25) is 9.35 Å². The van der Waals surface area contributed by atoms with Crippen LogP contribution < -0.4 is 9.47 Å². The summed E-state index contributed by atoms with van der Waals surface area (Å²) in [7, 11) is -3.47. The number of phenolic OH excluding ortho intramolecular Hbond substituents is 1. The molecule has 2 N–H and O–H groups in total. The lowest BCUT2D eigenvalue weighted by Crippen LogP contribution is -2.07. The molecule has 0 aliphatic heterocycles. The van der Waals surface area contributed by atoms with E-state index in [9.17, 15) is 22.9 Å². The molecule has 0 aliphatic rings. The van der Waals surface area contributed by atoms with Gasteiger partial charge in [0.15, 0.2) is 5.78 Å². The Bertz CT molecular complexity index is 1110. The van der Waals surface area contributed by atoms with Gasteiger partial charge in [0.05, 0.1) is 12.7 Å². The number of methoxy groups -OCH3 is 1. The third kappa shape index (κ3) is 4.13. The summed E-state index contributed by atoms with van der Waals surface area (Å²) >= 11 is 0. The first-order valence-corrected chi connectivity index (χ1v) is 9.50. The molecule has 144 valence electrons. The maximum Gasteiger partial charge on any atom is 0.298 e. The molecule has 0 amide bonds. The number of ether oxygens (including phenoxy) is 2. The van der Waals surface area contributed by atoms with Crippen LogP contribution in [-0.2, 0) is 10.1 Å². The van der Waals surface area contributed by atoms with Gasteiger partial charge >= 0.3 is 0 Å². The molecule has 0 aromatic heterocycles. The monoisotopic (exact) mass is 400 g/mol. The summed E-state index contributed by atoms with van der Waals surface area (Å²) in [6, 6.07) is 17.0. The first kappa shape index (κ1) is 19.4. The molecule has 0 radical (unpaired) electrons. The van der Waals surface area contributed by atoms with Gasteiger partial charge in [-0.25, -0.2) is 0 Å². The van der Waals surface area contributed by atoms with Crippen LogP contribution in [0, 0.1) is 0 Å². The number of aromatic hydroxyl groups is 1. The predicted octanol–water partition coefficient (Wildman–Crippen LogP) is 3.67. The molecule has 0 heterocycles. The molecular formula is C20H16O7S. The van der Waals surface area contributed by atoms with Gasteiger partial charge in [-0.2, -0.15) is 8.42 Å². The van der Waals surface area contributed by atoms with Crippen molar-refractivity contribution >= 4 is 15.9 Å². The smallest absolute Gasteiger partial charge is 0.298 e. The molecule has 3 rings (SSSR count). The van der Waals surface area contributed by atoms with Crippen molar-refractivity contribution in [2.45, 2.75) is 4.90 Å². The minimum absolute atomic E-state index is 0.196. The van der Waals surface area contributed by atoms with Crippen LogP contribution in [0.2, 0.25) is 0 Å². The van der Waals surface area contributed by atoms with E-state index < -0.39 is 26.5 Å². The van der Waals surface area contributed by atoms with Crippen molar-refractivity contribution in [2.24, 2.45) is 0 Å². The van der Waals surface area contributed by atoms with Crippen LogP contribution in [0.15, 0.2) is 71.6 Å². The second kappa shape index (κ2) is 7.71. The summed E-state index contributed by atoms with van der Waals surface area (Å²) in [5.41, 5.74) is -0.0904. The van der Waals surface area contributed by atoms with E-state index in [0.29, 0.717) is 11.5 Å². The number of rotatable bonds is 6. The normalized spacial score (nSPS) is 11.1. The van der Waals surface area contributed by atoms with Crippen LogP contribution >= 0.6 is 0 Å². The van der Waals surface area contributed by atoms with Gasteiger partial charge in [-0.15, -0.1) is 0 Å². The third-order valence-electron chi connectivity index (χ3n) is 3.90. The highest BCUT2D eigenvalue weighted by Gasteiger charge is 2.23. The molecule has 3 aromatic rings. The van der Waals surface area contributed by atoms with Crippen molar-refractivity contribution in [2.75, 3.05) is 7.11 Å². The Morgan fingerprint density at radius 1 is 0.929 bits per heavy atom. The molecule has 0 fully saturated rings. The van der Waals surface area contributed by atoms with E-state index in [1.165, 1.54) is 19.2 Å². The summed E-state index contributed by atoms with van der Waals surface area (Å²) in [6.45, 7) is 0. The van der Waals surface area contributed by atoms with Crippen molar-refractivity contribution in [1.29, 1.82) is 0 Å². The van der Waals surface area contributed by atoms with E-state index in [2.05, 4.69) is 0 Å². The minimum atomic E-state index is -4.65. The van der Waals surface area contributed by atoms with Gasteiger partial charge in [-0.05, 0) is 42.5 Å². The van der Waals surface area contributed by atoms with Gasteiger partial charge in [0, 0.05) is 11.6 Å². The average Bonchev–Trinajstić information content (AvgIpc) is 2.67. The summed E-state index contributed by atoms with van der Waals surface area (Å²) in [5.74, 6) is -0.245. The Morgan fingerprint density at radius 2 is 1.54 bits per heavy atom. The second-order valence-electron chi connectivity index (χ2n) is 5.76. The zero-order valence-corrected chi connectivity index (χ0v) is 15.5. The van der Waals surface area contributed by atoms with Crippen molar-refractivity contribution in [1.82, 2.24) is 0 Å². The van der Waals surface area contributed by atoms with E-state index in [1.54, 1.807) is 24.3 Å². The Labute approximate surface area is 161 Å². The highest BCUT2D eigenvalue weighted by molar-refractivity contribution is 7.86. The van der Waals surface area contributed by atoms with E-state index in [1.807, 2.05) is 18.2 Å². The molecular weight excluding hydrogens is 384 g/mol. The maximum atomic E-state index is 12.7. The summed E-state index contributed by atoms with van der Waals surface area (Å²) in [6.07, 6.45) is 0. The van der Waals surface area contributed by atoms with Gasteiger partial charge in [0.2, 0.25) is 0 Å². The zero-order chi connectivity index (χ0) is 20.3. The maximum absolute atomic E-state index is 12.7. The van der Waals surface area contributed by atoms with E-state index in [4.69, 9.17) is 9.47 Å². The largest absolute Gasteiger partial charge is 0.507 e. The number of carbonyl (C=O) groups excluding carboxylic acids is 1. The molecule has 8 heteroatoms. The number of benzene rings is 3. The molecule has 0 atom stereocenters. The van der Waals surface area contributed by atoms with Crippen LogP contribution in [0.3, 0.4) is 0 Å². The Kier molecular flexibility index (Phi) is 5.34. The number of carbonyl (C=O) groups is 1. The number of ketones is 1. The number of phenols is 1. The number of para-hydroxylation sites is 1. The van der Waals surface area contributed by atoms with E-state index >= 15 is 0 Å². The van der Waals surface area contributed by atoms with Crippen LogP contribution in [-0.4, -0.2) is 31.0 Å². The first-order chi connectivity index (χ1) is 13.3. The molecule has 7 nitrogen and oxygen atoms in total. The topological polar surface area (TPSA) is 110 Å². The molecule has 0 aliphatic carbocycles. The average molecular weight is 400 g/mol. The second-order valence-corrected chi connectivity index (χ2v) is 7.15. The van der Waals surface area contributed by atoms with E-state index in [0.717, 1.165) is 12.1 Å². The van der Waals surface area contributed by atoms with Crippen molar-refractivity contribution in [3.8, 4) is 23.0 Å². The summed E-state index contributed by atoms with van der Waals surface area (Å²) in [4.78, 5) is 12.1. The van der Waals surface area contributed by atoms with Gasteiger partial charge in [0.25, 0.3) is 10.1 Å². The lowest BCUT2D eigenvalue weighted by atomic mass is 10.0. The van der Waals surface area contributed by atoms with E-state index in [-0.39, 0.29) is 16.9 Å². The molecule has 28 heavy (non-hydrogen) atoms. The van der Waals surface area contributed by atoms with Gasteiger partial charge in [0.1, 0.15) is 27.9 Å². The van der Waals surface area contributed by atoms with Crippen LogP contribution in [0.4, 0.5) is 0 Å². The Balaban J connectivity index is 1.92. The molecule has 0 saturated carbocycles. The zero-order valence-electron chi connectivity index (χ0n) is 14.7. The van der Waals surface area contributed by atoms with Crippen molar-refractivity contribution in [3.05, 3.63) is 77.9 Å². The molecule has 0 saturated heterocycles.